The predicted octanol–water partition coefficient (Wildman–Crippen LogP) is 3.53. The summed E-state index contributed by atoms with van der Waals surface area (Å²) in [6, 6.07) is 6.39. The second-order valence-electron chi connectivity index (χ2n) is 6.86. The number of rotatable bonds is 5. The van der Waals surface area contributed by atoms with Crippen LogP contribution in [0.3, 0.4) is 0 Å². The van der Waals surface area contributed by atoms with Crippen LogP contribution in [0.15, 0.2) is 41.6 Å². The molecular formula is C19H21Cl2N3O3S. The van der Waals surface area contributed by atoms with Gasteiger partial charge < -0.3 is 4.90 Å². The molecule has 150 valence electrons. The molecule has 0 bridgehead atoms. The van der Waals surface area contributed by atoms with Crippen molar-refractivity contribution in [1.29, 1.82) is 0 Å². The highest BCUT2D eigenvalue weighted by Crippen LogP contribution is 2.28. The number of nitrogens with one attached hydrogen (secondary N) is 1. The highest BCUT2D eigenvalue weighted by molar-refractivity contribution is 7.89. The standard InChI is InChI=1S/C19H21Cl2N3O3S/c1-13-9-18(17(21)10-16(13)20)28(26,27)23-11-14-4-7-24(8-5-14)19(25)15-3-2-6-22-12-15/h2-3,6,9-10,12,14,23H,4-5,7-8,11H2,1H3. The normalized spacial score (nSPS) is 15.6. The topological polar surface area (TPSA) is 79.4 Å². The number of pyridine rings is 1. The Hall–Kier alpha value is -1.67. The Labute approximate surface area is 174 Å². The van der Waals surface area contributed by atoms with Gasteiger partial charge in [-0.15, -0.1) is 0 Å². The van der Waals surface area contributed by atoms with Crippen molar-refractivity contribution in [3.8, 4) is 0 Å². The fraction of sp³-hybridized carbons (Fsp3) is 0.368. The first-order valence-corrected chi connectivity index (χ1v) is 11.2. The monoisotopic (exact) mass is 441 g/mol. The summed E-state index contributed by atoms with van der Waals surface area (Å²) >= 11 is 12.0. The van der Waals surface area contributed by atoms with Crippen LogP contribution in [0.5, 0.6) is 0 Å². The molecule has 1 fully saturated rings. The number of piperidine rings is 1. The molecule has 0 saturated carbocycles. The van der Waals surface area contributed by atoms with E-state index in [1.54, 1.807) is 36.4 Å². The summed E-state index contributed by atoms with van der Waals surface area (Å²) < 4.78 is 27.9. The molecule has 6 nitrogen and oxygen atoms in total. The number of benzene rings is 1. The average molecular weight is 442 g/mol. The van der Waals surface area contributed by atoms with Gasteiger partial charge in [0.05, 0.1) is 10.6 Å². The maximum atomic E-state index is 12.6. The van der Waals surface area contributed by atoms with Crippen molar-refractivity contribution in [1.82, 2.24) is 14.6 Å². The minimum atomic E-state index is -3.73. The molecule has 9 heteroatoms. The first kappa shape index (κ1) is 21.0. The van der Waals surface area contributed by atoms with Gasteiger partial charge in [-0.25, -0.2) is 13.1 Å². The van der Waals surface area contributed by atoms with Crippen molar-refractivity contribution in [2.75, 3.05) is 19.6 Å². The molecule has 1 N–H and O–H groups in total. The van der Waals surface area contributed by atoms with E-state index in [4.69, 9.17) is 23.2 Å². The summed E-state index contributed by atoms with van der Waals surface area (Å²) in [6.07, 6.45) is 4.63. The molecule has 28 heavy (non-hydrogen) atoms. The van der Waals surface area contributed by atoms with Crippen LogP contribution in [0, 0.1) is 12.8 Å². The third-order valence-electron chi connectivity index (χ3n) is 4.87. The predicted molar refractivity (Wildman–Crippen MR) is 109 cm³/mol. The molecule has 2 heterocycles. The molecule has 0 aliphatic carbocycles. The summed E-state index contributed by atoms with van der Waals surface area (Å²) in [4.78, 5) is 18.2. The number of halogens is 2. The maximum Gasteiger partial charge on any atom is 0.255 e. The van der Waals surface area contributed by atoms with Gasteiger partial charge >= 0.3 is 0 Å². The summed E-state index contributed by atoms with van der Waals surface area (Å²) in [5.41, 5.74) is 1.21. The smallest absolute Gasteiger partial charge is 0.255 e. The third kappa shape index (κ3) is 4.84. The first-order chi connectivity index (χ1) is 13.3. The zero-order chi connectivity index (χ0) is 20.3. The lowest BCUT2D eigenvalue weighted by Crippen LogP contribution is -2.41. The number of hydrogen-bond donors (Lipinski definition) is 1. The Bertz CT molecular complexity index is 960. The molecule has 0 spiro atoms. The highest BCUT2D eigenvalue weighted by Gasteiger charge is 2.26. The average Bonchev–Trinajstić information content (AvgIpc) is 2.69. The van der Waals surface area contributed by atoms with Gasteiger partial charge in [0.2, 0.25) is 10.0 Å². The lowest BCUT2D eigenvalue weighted by atomic mass is 9.97. The highest BCUT2D eigenvalue weighted by atomic mass is 35.5. The van der Waals surface area contributed by atoms with Gasteiger partial charge in [-0.1, -0.05) is 23.2 Å². The zero-order valence-corrected chi connectivity index (χ0v) is 17.7. The van der Waals surface area contributed by atoms with Crippen LogP contribution in [0.4, 0.5) is 0 Å². The molecule has 0 unspecified atom stereocenters. The molecule has 1 aliphatic heterocycles. The molecule has 0 atom stereocenters. The van der Waals surface area contributed by atoms with E-state index < -0.39 is 10.0 Å². The Morgan fingerprint density at radius 3 is 2.61 bits per heavy atom. The second-order valence-corrected chi connectivity index (χ2v) is 9.41. The number of aromatic nitrogens is 1. The van der Waals surface area contributed by atoms with Crippen molar-refractivity contribution in [2.24, 2.45) is 5.92 Å². The minimum absolute atomic E-state index is 0.0280. The zero-order valence-electron chi connectivity index (χ0n) is 15.4. The number of nitrogens with zero attached hydrogens (tertiary/aromatic N) is 2. The van der Waals surface area contributed by atoms with Crippen molar-refractivity contribution in [2.45, 2.75) is 24.7 Å². The van der Waals surface area contributed by atoms with Crippen LogP contribution in [-0.4, -0.2) is 43.8 Å². The fourth-order valence-electron chi connectivity index (χ4n) is 3.15. The van der Waals surface area contributed by atoms with Gasteiger partial charge in [0.1, 0.15) is 4.90 Å². The summed E-state index contributed by atoms with van der Waals surface area (Å²) in [6.45, 7) is 3.20. The van der Waals surface area contributed by atoms with E-state index in [1.807, 2.05) is 0 Å². The molecule has 1 amide bonds. The van der Waals surface area contributed by atoms with E-state index in [0.717, 1.165) is 12.8 Å². The lowest BCUT2D eigenvalue weighted by molar-refractivity contribution is 0.0691. The van der Waals surface area contributed by atoms with Crippen LogP contribution in [0.1, 0.15) is 28.8 Å². The Morgan fingerprint density at radius 1 is 1.25 bits per heavy atom. The van der Waals surface area contributed by atoms with E-state index in [-0.39, 0.29) is 21.7 Å². The minimum Gasteiger partial charge on any atom is -0.339 e. The van der Waals surface area contributed by atoms with Crippen LogP contribution in [-0.2, 0) is 10.0 Å². The van der Waals surface area contributed by atoms with Gasteiger partial charge in [-0.3, -0.25) is 9.78 Å². The van der Waals surface area contributed by atoms with Crippen molar-refractivity contribution >= 4 is 39.1 Å². The van der Waals surface area contributed by atoms with E-state index in [1.165, 1.54) is 12.1 Å². The second kappa shape index (κ2) is 8.78. The molecule has 2 aromatic rings. The number of amides is 1. The van der Waals surface area contributed by atoms with Crippen molar-refractivity contribution in [3.63, 3.8) is 0 Å². The quantitative estimate of drug-likeness (QED) is 0.769. The molecule has 3 rings (SSSR count). The van der Waals surface area contributed by atoms with Crippen LogP contribution in [0.25, 0.3) is 0 Å². The Kier molecular flexibility index (Phi) is 6.60. The molecule has 1 aromatic carbocycles. The van der Waals surface area contributed by atoms with Gasteiger partial charge in [0.15, 0.2) is 0 Å². The van der Waals surface area contributed by atoms with E-state index >= 15 is 0 Å². The van der Waals surface area contributed by atoms with Crippen LogP contribution >= 0.6 is 23.2 Å². The van der Waals surface area contributed by atoms with Gasteiger partial charge in [0, 0.05) is 37.1 Å². The number of sulfonamides is 1. The molecular weight excluding hydrogens is 421 g/mol. The first-order valence-electron chi connectivity index (χ1n) is 8.92. The number of carbonyl (C=O) groups excluding carboxylic acids is 1. The Morgan fingerprint density at radius 2 is 1.96 bits per heavy atom. The number of carbonyl (C=O) groups is 1. The lowest BCUT2D eigenvalue weighted by Gasteiger charge is -2.32. The SMILES string of the molecule is Cc1cc(S(=O)(=O)NCC2CCN(C(=O)c3cccnc3)CC2)c(Cl)cc1Cl. The summed E-state index contributed by atoms with van der Waals surface area (Å²) in [5, 5.41) is 0.523. The van der Waals surface area contributed by atoms with Crippen LogP contribution in [0.2, 0.25) is 10.0 Å². The van der Waals surface area contributed by atoms with Crippen molar-refractivity contribution < 1.29 is 13.2 Å². The van der Waals surface area contributed by atoms with E-state index in [2.05, 4.69) is 9.71 Å². The molecule has 1 aliphatic rings. The number of likely N-dealkylation sites (tertiary alicyclic amines) is 1. The molecule has 0 radical (unpaired) electrons. The number of hydrogen-bond acceptors (Lipinski definition) is 4. The summed E-state index contributed by atoms with van der Waals surface area (Å²) in [5.74, 6) is 0.107. The number of aryl methyl sites for hydroxylation is 1. The van der Waals surface area contributed by atoms with Gasteiger partial charge in [-0.05, 0) is 55.5 Å². The van der Waals surface area contributed by atoms with E-state index in [9.17, 15) is 13.2 Å². The van der Waals surface area contributed by atoms with Crippen molar-refractivity contribution in [3.05, 3.63) is 57.8 Å². The molecule has 1 saturated heterocycles. The van der Waals surface area contributed by atoms with Gasteiger partial charge in [-0.2, -0.15) is 0 Å². The third-order valence-corrected chi connectivity index (χ3v) is 7.17. The van der Waals surface area contributed by atoms with Crippen LogP contribution < -0.4 is 4.72 Å². The largest absolute Gasteiger partial charge is 0.339 e. The van der Waals surface area contributed by atoms with Gasteiger partial charge in [0.25, 0.3) is 5.91 Å². The molecule has 1 aromatic heterocycles. The summed E-state index contributed by atoms with van der Waals surface area (Å²) in [7, 11) is -3.73. The Balaban J connectivity index is 1.57. The van der Waals surface area contributed by atoms with E-state index in [0.29, 0.717) is 35.8 Å². The maximum absolute atomic E-state index is 12.6. The fourth-order valence-corrected chi connectivity index (χ4v) is 5.10.